The third kappa shape index (κ3) is 4.53. The van der Waals surface area contributed by atoms with Crippen LogP contribution < -0.4 is 20.9 Å². The summed E-state index contributed by atoms with van der Waals surface area (Å²) in [5.41, 5.74) is 16.5. The van der Waals surface area contributed by atoms with Gasteiger partial charge in [0.05, 0.1) is 10.0 Å². The molecule has 0 aliphatic heterocycles. The van der Waals surface area contributed by atoms with Gasteiger partial charge in [-0.3, -0.25) is 0 Å². The highest BCUT2D eigenvalue weighted by Crippen LogP contribution is 2.66. The summed E-state index contributed by atoms with van der Waals surface area (Å²) in [5, 5.41) is 1.16. The molecule has 8 fully saturated rings. The SMILES string of the molecule is Nc1ccc(Cl)c(Oc2cc(C34CC5CC(CC(C5)C3)C4)c(Oc3cc(N)ccc3Cl)cc2C23CC4CC(CC(C4)C2)C3)c1. The van der Waals surface area contributed by atoms with Crippen LogP contribution in [0.25, 0.3) is 0 Å². The van der Waals surface area contributed by atoms with Gasteiger partial charge in [0.2, 0.25) is 0 Å². The lowest BCUT2D eigenvalue weighted by Gasteiger charge is -2.58. The summed E-state index contributed by atoms with van der Waals surface area (Å²) >= 11 is 13.5. The van der Waals surface area contributed by atoms with E-state index in [2.05, 4.69) is 12.1 Å². The minimum absolute atomic E-state index is 0.0779. The van der Waals surface area contributed by atoms with Crippen molar-refractivity contribution in [1.82, 2.24) is 0 Å². The maximum Gasteiger partial charge on any atom is 0.148 e. The van der Waals surface area contributed by atoms with Crippen LogP contribution in [0.15, 0.2) is 48.5 Å². The first kappa shape index (κ1) is 27.7. The molecule has 0 radical (unpaired) electrons. The first-order valence-electron chi connectivity index (χ1n) is 16.9. The van der Waals surface area contributed by atoms with Crippen LogP contribution in [0, 0.1) is 35.5 Å². The van der Waals surface area contributed by atoms with E-state index in [4.69, 9.17) is 44.1 Å². The number of ether oxygens (including phenoxy) is 2. The fourth-order valence-corrected chi connectivity index (χ4v) is 12.2. The quantitative estimate of drug-likeness (QED) is 0.266. The maximum absolute atomic E-state index is 6.95. The minimum Gasteiger partial charge on any atom is -0.455 e. The van der Waals surface area contributed by atoms with E-state index in [1.807, 2.05) is 36.4 Å². The molecule has 4 N–H and O–H groups in total. The standard InChI is InChI=1S/C38H42Cl2N2O2/c39-31-3-1-27(41)11-35(31)43-33-13-30(38-18-24-8-25(19-38)10-26(9-24)20-38)34(44-36-12-28(42)2-4-32(36)40)14-29(33)37-15-21-5-22(16-37)7-23(6-21)17-37/h1-4,11-14,21-26H,5-10,15-20,41-42H2. The predicted octanol–water partition coefficient (Wildman–Crippen LogP) is 10.7. The lowest BCUT2D eigenvalue weighted by atomic mass is 9.47. The Bertz CT molecular complexity index is 1460. The largest absolute Gasteiger partial charge is 0.455 e. The van der Waals surface area contributed by atoms with Crippen LogP contribution in [-0.4, -0.2) is 0 Å². The van der Waals surface area contributed by atoms with Gasteiger partial charge in [0.1, 0.15) is 23.0 Å². The molecule has 230 valence electrons. The minimum atomic E-state index is 0.0779. The molecule has 44 heavy (non-hydrogen) atoms. The molecule has 0 amide bonds. The third-order valence-electron chi connectivity index (χ3n) is 12.7. The van der Waals surface area contributed by atoms with Gasteiger partial charge < -0.3 is 20.9 Å². The van der Waals surface area contributed by atoms with E-state index in [0.29, 0.717) is 32.9 Å². The van der Waals surface area contributed by atoms with Gasteiger partial charge in [-0.15, -0.1) is 0 Å². The Hall–Kier alpha value is -2.56. The summed E-state index contributed by atoms with van der Waals surface area (Å²) in [6.45, 7) is 0. The molecule has 0 unspecified atom stereocenters. The average Bonchev–Trinajstić information content (AvgIpc) is 2.96. The Morgan fingerprint density at radius 2 is 0.795 bits per heavy atom. The van der Waals surface area contributed by atoms with E-state index in [0.717, 1.165) is 47.0 Å². The lowest BCUT2D eigenvalue weighted by Crippen LogP contribution is -2.49. The third-order valence-corrected chi connectivity index (χ3v) is 13.3. The van der Waals surface area contributed by atoms with Gasteiger partial charge in [0.25, 0.3) is 0 Å². The number of hydrogen-bond donors (Lipinski definition) is 2. The Labute approximate surface area is 270 Å². The lowest BCUT2D eigenvalue weighted by molar-refractivity contribution is -0.00824. The normalized spacial score (nSPS) is 36.1. The van der Waals surface area contributed by atoms with Gasteiger partial charge in [-0.1, -0.05) is 23.2 Å². The van der Waals surface area contributed by atoms with Gasteiger partial charge in [0, 0.05) is 34.6 Å². The molecule has 0 atom stereocenters. The maximum atomic E-state index is 6.95. The van der Waals surface area contributed by atoms with Crippen LogP contribution in [-0.2, 0) is 10.8 Å². The Morgan fingerprint density at radius 1 is 0.477 bits per heavy atom. The molecule has 8 bridgehead atoms. The topological polar surface area (TPSA) is 70.5 Å². The van der Waals surface area contributed by atoms with E-state index in [-0.39, 0.29) is 10.8 Å². The fraction of sp³-hybridized carbons (Fsp3) is 0.526. The average molecular weight is 630 g/mol. The van der Waals surface area contributed by atoms with Crippen molar-refractivity contribution in [3.05, 3.63) is 69.7 Å². The smallest absolute Gasteiger partial charge is 0.148 e. The first-order valence-corrected chi connectivity index (χ1v) is 17.6. The van der Waals surface area contributed by atoms with Gasteiger partial charge in [0.15, 0.2) is 0 Å². The number of benzene rings is 3. The molecule has 3 aromatic rings. The van der Waals surface area contributed by atoms with Crippen LogP contribution in [0.5, 0.6) is 23.0 Å². The zero-order chi connectivity index (χ0) is 29.8. The molecule has 4 nitrogen and oxygen atoms in total. The molecule has 0 saturated heterocycles. The molecule has 0 heterocycles. The number of anilines is 2. The monoisotopic (exact) mass is 628 g/mol. The summed E-state index contributed by atoms with van der Waals surface area (Å²) in [6, 6.07) is 15.8. The number of rotatable bonds is 6. The zero-order valence-electron chi connectivity index (χ0n) is 25.3. The molecule has 0 aromatic heterocycles. The summed E-state index contributed by atoms with van der Waals surface area (Å²) in [6.07, 6.45) is 15.6. The highest BCUT2D eigenvalue weighted by molar-refractivity contribution is 6.32. The number of nitrogens with two attached hydrogens (primary N) is 2. The first-order chi connectivity index (χ1) is 21.2. The molecule has 0 spiro atoms. The summed E-state index contributed by atoms with van der Waals surface area (Å²) in [5.74, 6) is 7.89. The van der Waals surface area contributed by atoms with Gasteiger partial charge in [-0.25, -0.2) is 0 Å². The molecule has 8 aliphatic carbocycles. The molecule has 8 saturated carbocycles. The number of nitrogen functional groups attached to an aromatic ring is 2. The molecule has 8 aliphatic rings. The van der Waals surface area contributed by atoms with E-state index >= 15 is 0 Å². The Balaban J connectivity index is 1.25. The molecule has 11 rings (SSSR count). The number of halogens is 2. The van der Waals surface area contributed by atoms with E-state index in [1.54, 1.807) is 0 Å². The highest BCUT2D eigenvalue weighted by Gasteiger charge is 2.55. The molecular formula is C38H42Cl2N2O2. The molecular weight excluding hydrogens is 587 g/mol. The van der Waals surface area contributed by atoms with Gasteiger partial charge in [-0.2, -0.15) is 0 Å². The highest BCUT2D eigenvalue weighted by atomic mass is 35.5. The van der Waals surface area contributed by atoms with Crippen LogP contribution >= 0.6 is 23.2 Å². The zero-order valence-corrected chi connectivity index (χ0v) is 26.8. The van der Waals surface area contributed by atoms with Crippen LogP contribution in [0.2, 0.25) is 10.0 Å². The van der Waals surface area contributed by atoms with Crippen molar-refractivity contribution in [2.45, 2.75) is 87.9 Å². The second kappa shape index (κ2) is 9.97. The van der Waals surface area contributed by atoms with Gasteiger partial charge in [-0.05, 0) is 160 Å². The van der Waals surface area contributed by atoms with E-state index in [9.17, 15) is 0 Å². The van der Waals surface area contributed by atoms with Crippen LogP contribution in [0.1, 0.15) is 88.2 Å². The summed E-state index contributed by atoms with van der Waals surface area (Å²) in [4.78, 5) is 0. The van der Waals surface area contributed by atoms with Crippen molar-refractivity contribution in [1.29, 1.82) is 0 Å². The van der Waals surface area contributed by atoms with E-state index < -0.39 is 0 Å². The van der Waals surface area contributed by atoms with Gasteiger partial charge >= 0.3 is 0 Å². The fourth-order valence-electron chi connectivity index (χ4n) is 11.9. The summed E-state index contributed by atoms with van der Waals surface area (Å²) in [7, 11) is 0. The summed E-state index contributed by atoms with van der Waals surface area (Å²) < 4.78 is 13.9. The van der Waals surface area contributed by atoms with Crippen molar-refractivity contribution < 1.29 is 9.47 Å². The van der Waals surface area contributed by atoms with Crippen molar-refractivity contribution in [3.63, 3.8) is 0 Å². The van der Waals surface area contributed by atoms with Crippen molar-refractivity contribution in [2.75, 3.05) is 11.5 Å². The second-order valence-corrected chi connectivity index (χ2v) is 16.6. The van der Waals surface area contributed by atoms with Crippen molar-refractivity contribution >= 4 is 34.6 Å². The Morgan fingerprint density at radius 3 is 1.11 bits per heavy atom. The predicted molar refractivity (Wildman–Crippen MR) is 178 cm³/mol. The Kier molecular flexibility index (Phi) is 6.28. The molecule has 3 aromatic carbocycles. The molecule has 6 heteroatoms. The van der Waals surface area contributed by atoms with Crippen molar-refractivity contribution in [2.24, 2.45) is 35.5 Å². The van der Waals surface area contributed by atoms with E-state index in [1.165, 1.54) is 88.2 Å². The van der Waals surface area contributed by atoms with Crippen LogP contribution in [0.4, 0.5) is 11.4 Å². The second-order valence-electron chi connectivity index (χ2n) is 15.8. The van der Waals surface area contributed by atoms with Crippen molar-refractivity contribution in [3.8, 4) is 23.0 Å². The van der Waals surface area contributed by atoms with Crippen LogP contribution in [0.3, 0.4) is 0 Å². The number of hydrogen-bond acceptors (Lipinski definition) is 4.